The van der Waals surface area contributed by atoms with Crippen LogP contribution in [0.4, 0.5) is 5.13 Å². The fourth-order valence-electron chi connectivity index (χ4n) is 3.46. The molecule has 0 unspecified atom stereocenters. The summed E-state index contributed by atoms with van der Waals surface area (Å²) < 4.78 is 35.3. The zero-order chi connectivity index (χ0) is 24.2. The molecule has 0 aliphatic heterocycles. The number of hydrogen-bond donors (Lipinski definition) is 0. The van der Waals surface area contributed by atoms with Crippen LogP contribution in [0.15, 0.2) is 41.3 Å². The van der Waals surface area contributed by atoms with E-state index in [1.54, 1.807) is 25.2 Å². The number of anilines is 1. The van der Waals surface area contributed by atoms with Crippen LogP contribution in [0, 0.1) is 0 Å². The summed E-state index contributed by atoms with van der Waals surface area (Å²) in [6.07, 6.45) is 1.14. The maximum Gasteiger partial charge on any atom is 0.260 e. The van der Waals surface area contributed by atoms with Crippen molar-refractivity contribution >= 4 is 42.4 Å². The Bertz CT molecular complexity index is 1180. The van der Waals surface area contributed by atoms with Crippen molar-refractivity contribution in [3.63, 3.8) is 0 Å². The van der Waals surface area contributed by atoms with E-state index in [1.165, 1.54) is 35.6 Å². The minimum Gasteiger partial charge on any atom is -0.495 e. The lowest BCUT2D eigenvalue weighted by Gasteiger charge is -2.24. The van der Waals surface area contributed by atoms with E-state index in [1.807, 2.05) is 6.07 Å². The van der Waals surface area contributed by atoms with E-state index in [9.17, 15) is 13.2 Å². The molecule has 0 N–H and O–H groups in total. The van der Waals surface area contributed by atoms with Crippen LogP contribution in [0.1, 0.15) is 24.2 Å². The van der Waals surface area contributed by atoms with Gasteiger partial charge < -0.3 is 14.4 Å². The molecule has 1 amide bonds. The highest BCUT2D eigenvalue weighted by atomic mass is 32.2. The molecule has 0 atom stereocenters. The Labute approximate surface area is 198 Å². The Kier molecular flexibility index (Phi) is 7.93. The van der Waals surface area contributed by atoms with Crippen LogP contribution in [-0.4, -0.2) is 70.9 Å². The molecule has 1 aromatic heterocycles. The lowest BCUT2D eigenvalue weighted by atomic mass is 10.2. The molecule has 0 spiro atoms. The van der Waals surface area contributed by atoms with Crippen LogP contribution >= 0.6 is 11.3 Å². The zero-order valence-electron chi connectivity index (χ0n) is 19.5. The zero-order valence-corrected chi connectivity index (χ0v) is 21.1. The average Bonchev–Trinajstić information content (AvgIpc) is 3.25. The van der Waals surface area contributed by atoms with Gasteiger partial charge in [-0.15, -0.1) is 0 Å². The van der Waals surface area contributed by atoms with Crippen molar-refractivity contribution in [3.8, 4) is 11.5 Å². The first kappa shape index (κ1) is 24.9. The number of ether oxygens (including phenoxy) is 2. The number of likely N-dealkylation sites (N-methyl/N-ethyl adjacent to an activating group) is 1. The van der Waals surface area contributed by atoms with Crippen LogP contribution < -0.4 is 14.4 Å². The molecule has 3 rings (SSSR count). The van der Waals surface area contributed by atoms with Crippen molar-refractivity contribution in [1.29, 1.82) is 0 Å². The molecule has 0 aliphatic carbocycles. The molecule has 33 heavy (non-hydrogen) atoms. The van der Waals surface area contributed by atoms with Gasteiger partial charge in [-0.3, -0.25) is 9.69 Å². The van der Waals surface area contributed by atoms with Gasteiger partial charge in [0.2, 0.25) is 0 Å². The van der Waals surface area contributed by atoms with Gasteiger partial charge in [-0.25, -0.2) is 13.4 Å². The Hall–Kier alpha value is -2.69. The van der Waals surface area contributed by atoms with Crippen LogP contribution in [0.5, 0.6) is 11.5 Å². The van der Waals surface area contributed by atoms with Gasteiger partial charge in [0.1, 0.15) is 21.7 Å². The Morgan fingerprint density at radius 1 is 0.970 bits per heavy atom. The lowest BCUT2D eigenvalue weighted by molar-refractivity contribution is 0.0983. The molecule has 0 aliphatic rings. The second kappa shape index (κ2) is 10.5. The van der Waals surface area contributed by atoms with Gasteiger partial charge in [0, 0.05) is 24.9 Å². The average molecular weight is 492 g/mol. The Morgan fingerprint density at radius 3 is 2.12 bits per heavy atom. The van der Waals surface area contributed by atoms with E-state index in [0.29, 0.717) is 40.8 Å². The predicted octanol–water partition coefficient (Wildman–Crippen LogP) is 3.71. The smallest absolute Gasteiger partial charge is 0.260 e. The number of thiazole rings is 1. The minimum absolute atomic E-state index is 0.170. The van der Waals surface area contributed by atoms with Crippen LogP contribution in [0.2, 0.25) is 0 Å². The highest BCUT2D eigenvalue weighted by molar-refractivity contribution is 7.90. The van der Waals surface area contributed by atoms with Gasteiger partial charge in [0.05, 0.1) is 19.1 Å². The number of benzene rings is 2. The van der Waals surface area contributed by atoms with Crippen molar-refractivity contribution in [3.05, 3.63) is 42.0 Å². The SMILES string of the molecule is CCN(CC)CCN(C(=O)c1ccc(S(C)(=O)=O)cc1)c1nc2c(OC)ccc(OC)c2s1. The molecule has 178 valence electrons. The number of fused-ring (bicyclic) bond motifs is 1. The fraction of sp³-hybridized carbons (Fsp3) is 0.391. The maximum atomic E-state index is 13.5. The first-order valence-electron chi connectivity index (χ1n) is 10.6. The molecular weight excluding hydrogens is 462 g/mol. The normalized spacial score (nSPS) is 11.7. The van der Waals surface area contributed by atoms with E-state index < -0.39 is 9.84 Å². The standard InChI is InChI=1S/C23H29N3O5S2/c1-6-25(7-2)14-15-26(22(27)16-8-10-17(11-9-16)33(5,28)29)23-24-20-18(30-3)12-13-19(31-4)21(20)32-23/h8-13H,6-7,14-15H2,1-5H3. The summed E-state index contributed by atoms with van der Waals surface area (Å²) in [5.74, 6) is 1.00. The van der Waals surface area contributed by atoms with Crippen molar-refractivity contribution in [2.24, 2.45) is 0 Å². The molecule has 10 heteroatoms. The second-order valence-corrected chi connectivity index (χ2v) is 10.4. The van der Waals surface area contributed by atoms with Crippen LogP contribution in [-0.2, 0) is 9.84 Å². The lowest BCUT2D eigenvalue weighted by Crippen LogP contribution is -2.38. The summed E-state index contributed by atoms with van der Waals surface area (Å²) >= 11 is 1.36. The highest BCUT2D eigenvalue weighted by Crippen LogP contribution is 2.40. The topological polar surface area (TPSA) is 89.0 Å². The summed E-state index contributed by atoms with van der Waals surface area (Å²) in [6.45, 7) is 6.98. The van der Waals surface area contributed by atoms with E-state index in [2.05, 4.69) is 18.7 Å². The number of rotatable bonds is 10. The number of carbonyl (C=O) groups excluding carboxylic acids is 1. The molecule has 0 saturated heterocycles. The summed E-state index contributed by atoms with van der Waals surface area (Å²) in [5, 5.41) is 0.525. The number of amides is 1. The van der Waals surface area contributed by atoms with Gasteiger partial charge in [0.25, 0.3) is 5.91 Å². The van der Waals surface area contributed by atoms with Crippen LogP contribution in [0.3, 0.4) is 0 Å². The molecule has 3 aromatic rings. The number of hydrogen-bond acceptors (Lipinski definition) is 8. The summed E-state index contributed by atoms with van der Waals surface area (Å²) in [6, 6.07) is 9.59. The second-order valence-electron chi connectivity index (χ2n) is 7.42. The highest BCUT2D eigenvalue weighted by Gasteiger charge is 2.24. The number of methoxy groups -OCH3 is 2. The van der Waals surface area contributed by atoms with Gasteiger partial charge in [-0.05, 0) is 49.5 Å². The Morgan fingerprint density at radius 2 is 1.58 bits per heavy atom. The summed E-state index contributed by atoms with van der Waals surface area (Å²) in [5.41, 5.74) is 1.02. The number of carbonyl (C=O) groups is 1. The summed E-state index contributed by atoms with van der Waals surface area (Å²) in [4.78, 5) is 22.3. The van der Waals surface area contributed by atoms with E-state index >= 15 is 0 Å². The predicted molar refractivity (Wildman–Crippen MR) is 132 cm³/mol. The van der Waals surface area contributed by atoms with E-state index in [-0.39, 0.29) is 10.8 Å². The first-order valence-corrected chi connectivity index (χ1v) is 13.3. The minimum atomic E-state index is -3.35. The van der Waals surface area contributed by atoms with Gasteiger partial charge in [0.15, 0.2) is 15.0 Å². The molecule has 1 heterocycles. The largest absolute Gasteiger partial charge is 0.495 e. The first-order chi connectivity index (χ1) is 15.7. The summed E-state index contributed by atoms with van der Waals surface area (Å²) in [7, 11) is -0.181. The molecule has 0 fully saturated rings. The molecule has 0 radical (unpaired) electrons. The molecule has 8 nitrogen and oxygen atoms in total. The molecule has 0 saturated carbocycles. The monoisotopic (exact) mass is 491 g/mol. The maximum absolute atomic E-state index is 13.5. The van der Waals surface area contributed by atoms with Crippen molar-refractivity contribution in [2.75, 3.05) is 51.6 Å². The van der Waals surface area contributed by atoms with Crippen molar-refractivity contribution in [2.45, 2.75) is 18.7 Å². The van der Waals surface area contributed by atoms with Crippen molar-refractivity contribution < 1.29 is 22.7 Å². The van der Waals surface area contributed by atoms with E-state index in [0.717, 1.165) is 24.0 Å². The van der Waals surface area contributed by atoms with Gasteiger partial charge >= 0.3 is 0 Å². The van der Waals surface area contributed by atoms with Gasteiger partial charge in [-0.1, -0.05) is 25.2 Å². The number of nitrogens with zero attached hydrogens (tertiary/aromatic N) is 3. The third-order valence-electron chi connectivity index (χ3n) is 5.44. The van der Waals surface area contributed by atoms with E-state index in [4.69, 9.17) is 14.5 Å². The molecule has 2 aromatic carbocycles. The molecule has 0 bridgehead atoms. The fourth-order valence-corrected chi connectivity index (χ4v) is 5.18. The van der Waals surface area contributed by atoms with Crippen molar-refractivity contribution in [1.82, 2.24) is 9.88 Å². The van der Waals surface area contributed by atoms with Gasteiger partial charge in [-0.2, -0.15) is 0 Å². The van der Waals surface area contributed by atoms with Crippen LogP contribution in [0.25, 0.3) is 10.2 Å². The quantitative estimate of drug-likeness (QED) is 0.427. The molecular formula is C23H29N3O5S2. The number of aromatic nitrogens is 1. The number of sulfone groups is 1. The third-order valence-corrected chi connectivity index (χ3v) is 7.66. The third kappa shape index (κ3) is 5.45. The Balaban J connectivity index is 2.05.